The van der Waals surface area contributed by atoms with Crippen LogP contribution in [0.4, 0.5) is 0 Å². The number of carbonyl (C=O) groups is 1. The summed E-state index contributed by atoms with van der Waals surface area (Å²) in [6, 6.07) is 0. The number of halogens is 1. The normalized spacial score (nSPS) is 14.4. The van der Waals surface area contributed by atoms with E-state index in [9.17, 15) is 19.5 Å². The Kier molecular flexibility index (Phi) is 4.86. The highest BCUT2D eigenvalue weighted by molar-refractivity contribution is 6.29. The summed E-state index contributed by atoms with van der Waals surface area (Å²) < 4.78 is 3.74. The van der Waals surface area contributed by atoms with Gasteiger partial charge in [0.25, 0.3) is 5.56 Å². The van der Waals surface area contributed by atoms with E-state index in [1.807, 2.05) is 6.92 Å². The molecule has 0 aromatic carbocycles. The van der Waals surface area contributed by atoms with Gasteiger partial charge in [-0.3, -0.25) is 18.7 Å². The Bertz CT molecular complexity index is 1070. The van der Waals surface area contributed by atoms with Crippen molar-refractivity contribution < 1.29 is 9.90 Å². The highest BCUT2D eigenvalue weighted by atomic mass is 35.5. The molecule has 2 aromatic rings. The van der Waals surface area contributed by atoms with Crippen molar-refractivity contribution in [3.63, 3.8) is 0 Å². The van der Waals surface area contributed by atoms with Gasteiger partial charge < -0.3 is 9.67 Å². The molecule has 1 aliphatic rings. The number of aromatic nitrogens is 4. The predicted molar refractivity (Wildman–Crippen MR) is 97.5 cm³/mol. The largest absolute Gasteiger partial charge is 0.480 e. The highest BCUT2D eigenvalue weighted by Crippen LogP contribution is 2.21. The second-order valence-electron chi connectivity index (χ2n) is 6.21. The van der Waals surface area contributed by atoms with Crippen molar-refractivity contribution in [2.75, 3.05) is 0 Å². The van der Waals surface area contributed by atoms with E-state index in [2.05, 4.69) is 4.98 Å². The number of imidazole rings is 1. The first-order valence-electron chi connectivity index (χ1n) is 8.28. The maximum atomic E-state index is 12.9. The molecule has 0 spiro atoms. The summed E-state index contributed by atoms with van der Waals surface area (Å²) in [7, 11) is 1.69. The fraction of sp³-hybridized carbons (Fsp3) is 0.412. The first-order chi connectivity index (χ1) is 12.3. The zero-order valence-corrected chi connectivity index (χ0v) is 15.3. The molecule has 0 aliphatic heterocycles. The smallest absolute Gasteiger partial charge is 0.333 e. The molecule has 0 fully saturated rings. The minimum atomic E-state index is -1.17. The lowest BCUT2D eigenvalue weighted by molar-refractivity contribution is -0.137. The van der Waals surface area contributed by atoms with E-state index in [1.165, 1.54) is 0 Å². The first-order valence-corrected chi connectivity index (χ1v) is 8.66. The monoisotopic (exact) mass is 378 g/mol. The zero-order chi connectivity index (χ0) is 19.0. The number of carboxylic acids is 1. The molecule has 3 rings (SSSR count). The van der Waals surface area contributed by atoms with E-state index in [1.54, 1.807) is 23.8 Å². The Morgan fingerprint density at radius 3 is 2.58 bits per heavy atom. The third-order valence-corrected chi connectivity index (χ3v) is 4.81. The molecule has 1 N–H and O–H groups in total. The Hall–Kier alpha value is -2.61. The van der Waals surface area contributed by atoms with Gasteiger partial charge >= 0.3 is 11.7 Å². The van der Waals surface area contributed by atoms with Crippen molar-refractivity contribution in [1.29, 1.82) is 0 Å². The number of aryl methyl sites for hydroxylation is 2. The molecule has 2 heterocycles. The fourth-order valence-electron chi connectivity index (χ4n) is 3.13. The molecule has 8 nitrogen and oxygen atoms in total. The maximum Gasteiger partial charge on any atom is 0.333 e. The van der Waals surface area contributed by atoms with Crippen LogP contribution >= 0.6 is 11.6 Å². The van der Waals surface area contributed by atoms with E-state index in [0.717, 1.165) is 19.7 Å². The van der Waals surface area contributed by atoms with Crippen LogP contribution in [0, 0.1) is 0 Å². The highest BCUT2D eigenvalue weighted by Gasteiger charge is 2.21. The number of hydrogen-bond acceptors (Lipinski definition) is 4. The van der Waals surface area contributed by atoms with Gasteiger partial charge in [-0.1, -0.05) is 24.6 Å². The molecular formula is C17H19ClN4O4. The number of nitrogens with zero attached hydrogens (tertiary/aromatic N) is 4. The van der Waals surface area contributed by atoms with Crippen molar-refractivity contribution in [2.24, 2.45) is 7.05 Å². The number of fused-ring (bicyclic) bond motifs is 1. The SMILES string of the molecule is CCc1nc2c(c(=O)n(CC3=CC=C(Cl)CC3)c(=O)n2CC(=O)O)n1C. The summed E-state index contributed by atoms with van der Waals surface area (Å²) >= 11 is 5.95. The molecule has 0 unspecified atom stereocenters. The molecule has 26 heavy (non-hydrogen) atoms. The van der Waals surface area contributed by atoms with Crippen molar-refractivity contribution in [3.8, 4) is 0 Å². The number of carboxylic acid groups (broad SMARTS) is 1. The molecule has 0 atom stereocenters. The van der Waals surface area contributed by atoms with Crippen LogP contribution in [0.5, 0.6) is 0 Å². The molecular weight excluding hydrogens is 360 g/mol. The number of aliphatic carboxylic acids is 1. The Labute approximate surface area is 153 Å². The minimum absolute atomic E-state index is 0.0978. The first kappa shape index (κ1) is 18.2. The van der Waals surface area contributed by atoms with E-state index in [0.29, 0.717) is 25.1 Å². The van der Waals surface area contributed by atoms with Crippen LogP contribution in [0.2, 0.25) is 0 Å². The average molecular weight is 379 g/mol. The Balaban J connectivity index is 2.26. The molecule has 9 heteroatoms. The van der Waals surface area contributed by atoms with Crippen LogP contribution in [0.1, 0.15) is 25.6 Å². The van der Waals surface area contributed by atoms with Crippen LogP contribution in [0.15, 0.2) is 32.3 Å². The summed E-state index contributed by atoms with van der Waals surface area (Å²) in [5.41, 5.74) is 0.0778. The van der Waals surface area contributed by atoms with Crippen LogP contribution in [-0.2, 0) is 31.4 Å². The Morgan fingerprint density at radius 1 is 1.27 bits per heavy atom. The van der Waals surface area contributed by atoms with Gasteiger partial charge in [-0.15, -0.1) is 0 Å². The van der Waals surface area contributed by atoms with Gasteiger partial charge in [0.15, 0.2) is 11.2 Å². The van der Waals surface area contributed by atoms with Crippen molar-refractivity contribution in [1.82, 2.24) is 18.7 Å². The fourth-order valence-corrected chi connectivity index (χ4v) is 3.29. The third kappa shape index (κ3) is 3.12. The lowest BCUT2D eigenvalue weighted by Crippen LogP contribution is -2.42. The lowest BCUT2D eigenvalue weighted by Gasteiger charge is -2.14. The van der Waals surface area contributed by atoms with Crippen LogP contribution in [0.3, 0.4) is 0 Å². The molecule has 2 aromatic heterocycles. The predicted octanol–water partition coefficient (Wildman–Crippen LogP) is 1.39. The molecule has 0 saturated carbocycles. The Morgan fingerprint density at radius 2 is 2.00 bits per heavy atom. The second-order valence-corrected chi connectivity index (χ2v) is 6.69. The average Bonchev–Trinajstić information content (AvgIpc) is 2.93. The molecule has 1 aliphatic carbocycles. The van der Waals surface area contributed by atoms with Crippen molar-refractivity contribution >= 4 is 28.7 Å². The van der Waals surface area contributed by atoms with Gasteiger partial charge in [-0.25, -0.2) is 9.78 Å². The standard InChI is InChI=1S/C17H19ClN4O4/c1-3-12-19-15-14(20(12)2)16(25)22(17(26)21(15)9-13(23)24)8-10-4-6-11(18)7-5-10/h4,6H,3,5,7-9H2,1-2H3,(H,23,24). The summed E-state index contributed by atoms with van der Waals surface area (Å²) in [5, 5.41) is 9.90. The lowest BCUT2D eigenvalue weighted by atomic mass is 10.1. The van der Waals surface area contributed by atoms with Crippen LogP contribution in [-0.4, -0.2) is 29.8 Å². The topological polar surface area (TPSA) is 99.1 Å². The quantitative estimate of drug-likeness (QED) is 0.847. The summed E-state index contributed by atoms with van der Waals surface area (Å²) in [6.07, 6.45) is 5.40. The number of allylic oxidation sites excluding steroid dienone is 4. The summed E-state index contributed by atoms with van der Waals surface area (Å²) in [6.45, 7) is 1.42. The van der Waals surface area contributed by atoms with Gasteiger partial charge in [0.05, 0.1) is 6.54 Å². The summed E-state index contributed by atoms with van der Waals surface area (Å²) in [5.74, 6) is -0.561. The third-order valence-electron chi connectivity index (χ3n) is 4.49. The molecule has 0 saturated heterocycles. The molecule has 0 radical (unpaired) electrons. The minimum Gasteiger partial charge on any atom is -0.480 e. The number of hydrogen-bond donors (Lipinski definition) is 1. The van der Waals surface area contributed by atoms with E-state index < -0.39 is 23.8 Å². The maximum absolute atomic E-state index is 12.9. The molecule has 138 valence electrons. The van der Waals surface area contributed by atoms with E-state index in [-0.39, 0.29) is 17.7 Å². The van der Waals surface area contributed by atoms with Gasteiger partial charge in [0.2, 0.25) is 0 Å². The molecule has 0 bridgehead atoms. The van der Waals surface area contributed by atoms with Crippen molar-refractivity contribution in [3.05, 3.63) is 49.4 Å². The van der Waals surface area contributed by atoms with Gasteiger partial charge in [-0.05, 0) is 24.5 Å². The molecule has 0 amide bonds. The van der Waals surface area contributed by atoms with Crippen LogP contribution < -0.4 is 11.2 Å². The van der Waals surface area contributed by atoms with Crippen molar-refractivity contribution in [2.45, 2.75) is 39.3 Å². The number of rotatable bonds is 5. The van der Waals surface area contributed by atoms with Gasteiger partial charge in [0.1, 0.15) is 12.4 Å². The van der Waals surface area contributed by atoms with Crippen LogP contribution in [0.25, 0.3) is 11.2 Å². The van der Waals surface area contributed by atoms with E-state index >= 15 is 0 Å². The van der Waals surface area contributed by atoms with Gasteiger partial charge in [0, 0.05) is 18.5 Å². The second kappa shape index (κ2) is 6.95. The summed E-state index contributed by atoms with van der Waals surface area (Å²) in [4.78, 5) is 41.3. The zero-order valence-electron chi connectivity index (χ0n) is 14.5. The van der Waals surface area contributed by atoms with E-state index in [4.69, 9.17) is 11.6 Å². The van der Waals surface area contributed by atoms with Gasteiger partial charge in [-0.2, -0.15) is 0 Å².